The second kappa shape index (κ2) is 6.91. The maximum absolute atomic E-state index is 12.2. The lowest BCUT2D eigenvalue weighted by atomic mass is 9.79. The quantitative estimate of drug-likeness (QED) is 0.920. The molecule has 3 fully saturated rings. The topological polar surface area (TPSA) is 54.5 Å². The molecule has 0 saturated carbocycles. The van der Waals surface area contributed by atoms with E-state index in [9.17, 15) is 4.79 Å². The molecule has 1 atom stereocenters. The van der Waals surface area contributed by atoms with Crippen LogP contribution in [0, 0.1) is 11.8 Å². The van der Waals surface area contributed by atoms with Gasteiger partial charge in [0.1, 0.15) is 0 Å². The largest absolute Gasteiger partial charge is 0.449 e. The molecule has 1 N–H and O–H groups in total. The van der Waals surface area contributed by atoms with Gasteiger partial charge in [0.25, 0.3) is 0 Å². The van der Waals surface area contributed by atoms with Crippen LogP contribution in [-0.2, 0) is 4.74 Å². The Morgan fingerprint density at radius 3 is 2.79 bits per heavy atom. The summed E-state index contributed by atoms with van der Waals surface area (Å²) in [6.07, 6.45) is 2.06. The van der Waals surface area contributed by atoms with Gasteiger partial charge in [0.2, 0.25) is 0 Å². The third-order valence-electron chi connectivity index (χ3n) is 5.10. The number of amides is 1. The van der Waals surface area contributed by atoms with Gasteiger partial charge in [-0.25, -0.2) is 4.79 Å². The highest BCUT2D eigenvalue weighted by molar-refractivity contribution is 7.04. The summed E-state index contributed by atoms with van der Waals surface area (Å²) in [7, 11) is 0. The van der Waals surface area contributed by atoms with Gasteiger partial charge in [0.05, 0.1) is 6.61 Å². The Labute approximate surface area is 145 Å². The molecule has 1 aromatic heterocycles. The Hall–Kier alpha value is -1.92. The molecule has 2 bridgehead atoms. The van der Waals surface area contributed by atoms with Gasteiger partial charge >= 0.3 is 6.09 Å². The average molecular weight is 343 g/mol. The molecule has 1 amide bonds. The van der Waals surface area contributed by atoms with Crippen LogP contribution in [0.4, 0.5) is 10.6 Å². The number of carbonyl (C=O) groups is 1. The first kappa shape index (κ1) is 15.6. The number of rotatable bonds is 4. The Morgan fingerprint density at radius 2 is 2.08 bits per heavy atom. The highest BCUT2D eigenvalue weighted by Gasteiger charge is 2.34. The van der Waals surface area contributed by atoms with Crippen LogP contribution < -0.4 is 5.32 Å². The summed E-state index contributed by atoms with van der Waals surface area (Å²) in [5.41, 5.74) is 1.97. The Kier molecular flexibility index (Phi) is 4.49. The van der Waals surface area contributed by atoms with Crippen LogP contribution in [-0.4, -0.2) is 41.6 Å². The van der Waals surface area contributed by atoms with Crippen molar-refractivity contribution in [3.05, 3.63) is 35.7 Å². The highest BCUT2D eigenvalue weighted by Crippen LogP contribution is 2.32. The summed E-state index contributed by atoms with van der Waals surface area (Å²) < 4.78 is 9.77. The van der Waals surface area contributed by atoms with Gasteiger partial charge in [-0.2, -0.15) is 4.37 Å². The zero-order valence-corrected chi connectivity index (χ0v) is 14.3. The minimum Gasteiger partial charge on any atom is -0.449 e. The van der Waals surface area contributed by atoms with Gasteiger partial charge in [-0.15, -0.1) is 0 Å². The first-order valence-electron chi connectivity index (χ1n) is 8.45. The Balaban J connectivity index is 1.35. The van der Waals surface area contributed by atoms with Crippen molar-refractivity contribution >= 4 is 23.4 Å². The summed E-state index contributed by atoms with van der Waals surface area (Å²) in [4.78, 5) is 14.6. The summed E-state index contributed by atoms with van der Waals surface area (Å²) in [6, 6.07) is 9.94. The van der Waals surface area contributed by atoms with Crippen molar-refractivity contribution in [1.82, 2.24) is 9.27 Å². The first-order valence-corrected chi connectivity index (χ1v) is 9.29. The average Bonchev–Trinajstić information content (AvgIpc) is 3.10. The summed E-state index contributed by atoms with van der Waals surface area (Å²) in [6.45, 7) is 3.96. The fourth-order valence-corrected chi connectivity index (χ4v) is 4.40. The molecule has 5 nitrogen and oxygen atoms in total. The summed E-state index contributed by atoms with van der Waals surface area (Å²) >= 11 is 1.33. The van der Waals surface area contributed by atoms with Crippen LogP contribution in [0.1, 0.15) is 12.8 Å². The lowest BCUT2D eigenvalue weighted by molar-refractivity contribution is 0.0151. The number of nitrogens with one attached hydrogen (secondary N) is 1. The molecule has 4 heterocycles. The van der Waals surface area contributed by atoms with Crippen LogP contribution in [0.5, 0.6) is 0 Å². The molecule has 1 unspecified atom stereocenters. The van der Waals surface area contributed by atoms with Crippen molar-refractivity contribution in [2.45, 2.75) is 12.8 Å². The number of hydrogen-bond acceptors (Lipinski definition) is 5. The third kappa shape index (κ3) is 3.30. The molecule has 5 rings (SSSR count). The van der Waals surface area contributed by atoms with Crippen molar-refractivity contribution in [2.24, 2.45) is 11.8 Å². The SMILES string of the molecule is O=C(Nc1nscc1-c1ccccc1)OCC1CN2CCC1CC2. The first-order chi connectivity index (χ1) is 11.8. The number of anilines is 1. The second-order valence-corrected chi connectivity index (χ2v) is 7.19. The minimum absolute atomic E-state index is 0.408. The molecule has 0 spiro atoms. The van der Waals surface area contributed by atoms with E-state index >= 15 is 0 Å². The molecule has 0 aliphatic carbocycles. The lowest BCUT2D eigenvalue weighted by Gasteiger charge is -2.44. The lowest BCUT2D eigenvalue weighted by Crippen LogP contribution is -2.49. The van der Waals surface area contributed by atoms with E-state index in [2.05, 4.69) is 14.6 Å². The van der Waals surface area contributed by atoms with Crippen molar-refractivity contribution in [2.75, 3.05) is 31.6 Å². The van der Waals surface area contributed by atoms with Gasteiger partial charge < -0.3 is 9.64 Å². The molecular weight excluding hydrogens is 322 g/mol. The molecule has 126 valence electrons. The summed E-state index contributed by atoms with van der Waals surface area (Å²) in [5.74, 6) is 1.76. The normalized spacial score (nSPS) is 25.4. The molecule has 1 aromatic carbocycles. The molecule has 0 radical (unpaired) electrons. The number of benzene rings is 1. The van der Waals surface area contributed by atoms with Crippen molar-refractivity contribution in [3.8, 4) is 11.1 Å². The zero-order chi connectivity index (χ0) is 16.4. The van der Waals surface area contributed by atoms with Crippen LogP contribution >= 0.6 is 11.5 Å². The second-order valence-electron chi connectivity index (χ2n) is 6.56. The van der Waals surface area contributed by atoms with Gasteiger partial charge in [0.15, 0.2) is 5.82 Å². The minimum atomic E-state index is -0.408. The maximum atomic E-state index is 12.2. The number of hydrogen-bond donors (Lipinski definition) is 1. The molecule has 3 aliphatic rings. The molecule has 2 aromatic rings. The van der Waals surface area contributed by atoms with E-state index in [0.29, 0.717) is 24.3 Å². The van der Waals surface area contributed by atoms with E-state index in [1.165, 1.54) is 37.5 Å². The fraction of sp³-hybridized carbons (Fsp3) is 0.444. The van der Waals surface area contributed by atoms with Gasteiger partial charge in [-0.1, -0.05) is 30.3 Å². The number of piperidine rings is 3. The molecule has 3 saturated heterocycles. The predicted octanol–water partition coefficient (Wildman–Crippen LogP) is 3.70. The number of aromatic nitrogens is 1. The molecule has 6 heteroatoms. The highest BCUT2D eigenvalue weighted by atomic mass is 32.1. The number of ether oxygens (including phenoxy) is 1. The van der Waals surface area contributed by atoms with Gasteiger partial charge in [0, 0.05) is 23.4 Å². The van der Waals surface area contributed by atoms with Gasteiger partial charge in [-0.3, -0.25) is 5.32 Å². The smallest absolute Gasteiger partial charge is 0.412 e. The van der Waals surface area contributed by atoms with E-state index in [0.717, 1.165) is 17.7 Å². The zero-order valence-electron chi connectivity index (χ0n) is 13.5. The van der Waals surface area contributed by atoms with E-state index in [-0.39, 0.29) is 0 Å². The van der Waals surface area contributed by atoms with Crippen molar-refractivity contribution in [3.63, 3.8) is 0 Å². The molecule has 3 aliphatic heterocycles. The van der Waals surface area contributed by atoms with Crippen molar-refractivity contribution in [1.29, 1.82) is 0 Å². The number of fused-ring (bicyclic) bond motifs is 3. The number of nitrogens with zero attached hydrogens (tertiary/aromatic N) is 2. The van der Waals surface area contributed by atoms with Crippen LogP contribution in [0.25, 0.3) is 11.1 Å². The fourth-order valence-electron chi connectivity index (χ4n) is 3.74. The third-order valence-corrected chi connectivity index (χ3v) is 5.72. The predicted molar refractivity (Wildman–Crippen MR) is 95.2 cm³/mol. The van der Waals surface area contributed by atoms with E-state index in [1.54, 1.807) is 0 Å². The molecule has 24 heavy (non-hydrogen) atoms. The summed E-state index contributed by atoms with van der Waals surface area (Å²) in [5, 5.41) is 4.74. The standard InChI is InChI=1S/C18H21N3O2S/c22-18(23-11-15-10-21-8-6-13(15)7-9-21)19-17-16(12-24-20-17)14-4-2-1-3-5-14/h1-5,12-13,15H,6-11H2,(H,19,20,22). The Morgan fingerprint density at radius 1 is 1.29 bits per heavy atom. The Bertz CT molecular complexity index is 695. The number of carbonyl (C=O) groups excluding carboxylic acids is 1. The maximum Gasteiger partial charge on any atom is 0.412 e. The van der Waals surface area contributed by atoms with Crippen LogP contribution in [0.3, 0.4) is 0 Å². The van der Waals surface area contributed by atoms with Crippen molar-refractivity contribution < 1.29 is 9.53 Å². The van der Waals surface area contributed by atoms with Crippen LogP contribution in [0.15, 0.2) is 35.7 Å². The van der Waals surface area contributed by atoms with Crippen LogP contribution in [0.2, 0.25) is 0 Å². The van der Waals surface area contributed by atoms with E-state index < -0.39 is 6.09 Å². The van der Waals surface area contributed by atoms with Gasteiger partial charge in [-0.05, 0) is 48.9 Å². The molecular formula is C18H21N3O2S. The monoisotopic (exact) mass is 343 g/mol. The van der Waals surface area contributed by atoms with E-state index in [4.69, 9.17) is 4.74 Å². The van der Waals surface area contributed by atoms with E-state index in [1.807, 2.05) is 35.7 Å².